The molecular formula is C16H18N2O2. The Kier molecular flexibility index (Phi) is 4.38. The van der Waals surface area contributed by atoms with E-state index < -0.39 is 6.10 Å². The first kappa shape index (κ1) is 14.1. The monoisotopic (exact) mass is 270 g/mol. The molecule has 2 aromatic rings. The molecule has 0 aliphatic rings. The predicted octanol–water partition coefficient (Wildman–Crippen LogP) is 2.54. The number of nitrogens with two attached hydrogens (primary N) is 1. The van der Waals surface area contributed by atoms with Crippen LogP contribution in [-0.4, -0.2) is 10.9 Å². The van der Waals surface area contributed by atoms with Crippen molar-refractivity contribution in [2.45, 2.75) is 19.6 Å². The van der Waals surface area contributed by atoms with Gasteiger partial charge < -0.3 is 15.6 Å². The number of benzene rings is 2. The van der Waals surface area contributed by atoms with Crippen LogP contribution in [0.5, 0.6) is 5.75 Å². The van der Waals surface area contributed by atoms with Crippen molar-refractivity contribution in [2.24, 2.45) is 5.73 Å². The molecule has 104 valence electrons. The molecule has 0 aromatic heterocycles. The van der Waals surface area contributed by atoms with E-state index in [0.717, 1.165) is 16.9 Å². The number of amidine groups is 1. The summed E-state index contributed by atoms with van der Waals surface area (Å²) in [6, 6.07) is 15.0. The molecule has 0 heterocycles. The Morgan fingerprint density at radius 1 is 1.20 bits per heavy atom. The molecule has 0 fully saturated rings. The van der Waals surface area contributed by atoms with Gasteiger partial charge in [-0.3, -0.25) is 5.41 Å². The number of ether oxygens (including phenoxy) is 1. The summed E-state index contributed by atoms with van der Waals surface area (Å²) in [6.45, 7) is 2.30. The minimum Gasteiger partial charge on any atom is -0.489 e. The van der Waals surface area contributed by atoms with Crippen molar-refractivity contribution in [1.82, 2.24) is 0 Å². The first-order valence-electron chi connectivity index (χ1n) is 6.38. The van der Waals surface area contributed by atoms with Crippen LogP contribution in [0.2, 0.25) is 0 Å². The number of aliphatic hydroxyl groups is 1. The summed E-state index contributed by atoms with van der Waals surface area (Å²) in [4.78, 5) is 0. The normalized spacial score (nSPS) is 11.9. The quantitative estimate of drug-likeness (QED) is 0.577. The maximum absolute atomic E-state index is 9.93. The van der Waals surface area contributed by atoms with Gasteiger partial charge in [-0.1, -0.05) is 42.5 Å². The van der Waals surface area contributed by atoms with Crippen molar-refractivity contribution in [3.8, 4) is 5.75 Å². The third-order valence-electron chi connectivity index (χ3n) is 3.12. The van der Waals surface area contributed by atoms with E-state index in [9.17, 15) is 5.11 Å². The number of para-hydroxylation sites is 1. The van der Waals surface area contributed by atoms with Crippen molar-refractivity contribution in [3.05, 3.63) is 65.2 Å². The Labute approximate surface area is 118 Å². The van der Waals surface area contributed by atoms with Crippen molar-refractivity contribution >= 4 is 5.84 Å². The van der Waals surface area contributed by atoms with Crippen molar-refractivity contribution < 1.29 is 9.84 Å². The van der Waals surface area contributed by atoms with Gasteiger partial charge in [0.2, 0.25) is 0 Å². The zero-order valence-corrected chi connectivity index (χ0v) is 11.3. The van der Waals surface area contributed by atoms with Crippen molar-refractivity contribution in [2.75, 3.05) is 0 Å². The fraction of sp³-hybridized carbons (Fsp3) is 0.188. The second-order valence-corrected chi connectivity index (χ2v) is 4.61. The summed E-state index contributed by atoms with van der Waals surface area (Å²) in [6.07, 6.45) is -1.09. The maximum atomic E-state index is 9.93. The van der Waals surface area contributed by atoms with Crippen LogP contribution < -0.4 is 10.5 Å². The van der Waals surface area contributed by atoms with Gasteiger partial charge >= 0.3 is 0 Å². The molecule has 0 saturated carbocycles. The van der Waals surface area contributed by atoms with Gasteiger partial charge in [0.15, 0.2) is 0 Å². The van der Waals surface area contributed by atoms with Gasteiger partial charge in [-0.2, -0.15) is 0 Å². The molecule has 0 saturated heterocycles. The van der Waals surface area contributed by atoms with Gasteiger partial charge in [-0.25, -0.2) is 0 Å². The van der Waals surface area contributed by atoms with Crippen LogP contribution in [0.25, 0.3) is 0 Å². The van der Waals surface area contributed by atoms with Gasteiger partial charge in [0.05, 0.1) is 0 Å². The van der Waals surface area contributed by atoms with Crippen molar-refractivity contribution in [1.29, 1.82) is 5.41 Å². The summed E-state index contributed by atoms with van der Waals surface area (Å²) in [5.41, 5.74) is 7.84. The molecule has 2 rings (SSSR count). The highest BCUT2D eigenvalue weighted by Gasteiger charge is 2.15. The molecule has 0 aliphatic carbocycles. The molecule has 4 nitrogen and oxygen atoms in total. The van der Waals surface area contributed by atoms with Crippen LogP contribution in [0.3, 0.4) is 0 Å². The molecule has 4 heteroatoms. The second kappa shape index (κ2) is 6.21. The van der Waals surface area contributed by atoms with E-state index >= 15 is 0 Å². The van der Waals surface area contributed by atoms with E-state index in [1.807, 2.05) is 43.3 Å². The Balaban J connectivity index is 2.18. The van der Waals surface area contributed by atoms with E-state index in [0.29, 0.717) is 12.2 Å². The molecule has 0 amide bonds. The Morgan fingerprint density at radius 3 is 2.55 bits per heavy atom. The van der Waals surface area contributed by atoms with E-state index in [2.05, 4.69) is 0 Å². The minimum absolute atomic E-state index is 0.270. The van der Waals surface area contributed by atoms with Crippen LogP contribution >= 0.6 is 0 Å². The highest BCUT2D eigenvalue weighted by Crippen LogP contribution is 2.22. The topological polar surface area (TPSA) is 79.3 Å². The standard InChI is InChI=1S/C16H18N2O2/c1-11-6-2-5-9-14(11)20-10-12-7-3-4-8-13(12)15(19)16(17)18/h2-9,15,19H,10H2,1H3,(H3,17,18). The van der Waals surface area contributed by atoms with Crippen LogP contribution in [0.4, 0.5) is 0 Å². The van der Waals surface area contributed by atoms with E-state index in [1.54, 1.807) is 12.1 Å². The molecule has 2 aromatic carbocycles. The first-order chi connectivity index (χ1) is 9.59. The highest BCUT2D eigenvalue weighted by atomic mass is 16.5. The van der Waals surface area contributed by atoms with E-state index in [4.69, 9.17) is 15.9 Å². The lowest BCUT2D eigenvalue weighted by Crippen LogP contribution is -2.21. The number of rotatable bonds is 5. The van der Waals surface area contributed by atoms with Crippen LogP contribution in [0.15, 0.2) is 48.5 Å². The fourth-order valence-electron chi connectivity index (χ4n) is 1.97. The van der Waals surface area contributed by atoms with Gasteiger partial charge in [0.25, 0.3) is 0 Å². The lowest BCUT2D eigenvalue weighted by molar-refractivity contribution is 0.238. The maximum Gasteiger partial charge on any atom is 0.136 e. The molecule has 0 aliphatic heterocycles. The minimum atomic E-state index is -1.09. The highest BCUT2D eigenvalue weighted by molar-refractivity contribution is 5.83. The fourth-order valence-corrected chi connectivity index (χ4v) is 1.97. The zero-order valence-electron chi connectivity index (χ0n) is 11.3. The summed E-state index contributed by atoms with van der Waals surface area (Å²) < 4.78 is 5.77. The van der Waals surface area contributed by atoms with Gasteiger partial charge in [-0.05, 0) is 29.7 Å². The Morgan fingerprint density at radius 2 is 1.85 bits per heavy atom. The molecule has 0 spiro atoms. The molecule has 1 atom stereocenters. The predicted molar refractivity (Wildman–Crippen MR) is 78.8 cm³/mol. The summed E-state index contributed by atoms with van der Waals surface area (Å²) in [5.74, 6) is 0.535. The summed E-state index contributed by atoms with van der Waals surface area (Å²) in [5, 5.41) is 17.3. The second-order valence-electron chi connectivity index (χ2n) is 4.61. The molecule has 0 radical (unpaired) electrons. The molecule has 1 unspecified atom stereocenters. The van der Waals surface area contributed by atoms with Gasteiger partial charge in [0, 0.05) is 0 Å². The first-order valence-corrected chi connectivity index (χ1v) is 6.38. The van der Waals surface area contributed by atoms with Crippen LogP contribution in [0, 0.1) is 12.3 Å². The molecule has 20 heavy (non-hydrogen) atoms. The Bertz CT molecular complexity index is 611. The largest absolute Gasteiger partial charge is 0.489 e. The number of aliphatic hydroxyl groups excluding tert-OH is 1. The number of hydrogen-bond acceptors (Lipinski definition) is 3. The lowest BCUT2D eigenvalue weighted by Gasteiger charge is -2.15. The third-order valence-corrected chi connectivity index (χ3v) is 3.12. The average Bonchev–Trinajstić information content (AvgIpc) is 2.46. The molecule has 4 N–H and O–H groups in total. The number of hydrogen-bond donors (Lipinski definition) is 3. The molecular weight excluding hydrogens is 252 g/mol. The SMILES string of the molecule is Cc1ccccc1OCc1ccccc1C(O)C(=N)N. The Hall–Kier alpha value is -2.33. The van der Waals surface area contributed by atoms with Crippen LogP contribution in [-0.2, 0) is 6.61 Å². The number of nitrogens with one attached hydrogen (secondary N) is 1. The molecule has 0 bridgehead atoms. The third kappa shape index (κ3) is 3.16. The summed E-state index contributed by atoms with van der Waals surface area (Å²) in [7, 11) is 0. The van der Waals surface area contributed by atoms with Gasteiger partial charge in [0.1, 0.15) is 24.3 Å². The summed E-state index contributed by atoms with van der Waals surface area (Å²) >= 11 is 0. The lowest BCUT2D eigenvalue weighted by atomic mass is 10.0. The average molecular weight is 270 g/mol. The van der Waals surface area contributed by atoms with Crippen molar-refractivity contribution in [3.63, 3.8) is 0 Å². The van der Waals surface area contributed by atoms with Crippen LogP contribution in [0.1, 0.15) is 22.8 Å². The van der Waals surface area contributed by atoms with E-state index in [-0.39, 0.29) is 5.84 Å². The smallest absolute Gasteiger partial charge is 0.136 e. The zero-order chi connectivity index (χ0) is 14.5. The van der Waals surface area contributed by atoms with E-state index in [1.165, 1.54) is 0 Å². The number of aryl methyl sites for hydroxylation is 1. The van der Waals surface area contributed by atoms with Gasteiger partial charge in [-0.15, -0.1) is 0 Å².